The highest BCUT2D eigenvalue weighted by Crippen LogP contribution is 2.37. The van der Waals surface area contributed by atoms with Crippen LogP contribution in [-0.2, 0) is 11.3 Å². The van der Waals surface area contributed by atoms with Gasteiger partial charge < -0.3 is 14.6 Å². The highest BCUT2D eigenvalue weighted by Gasteiger charge is 2.23. The van der Waals surface area contributed by atoms with Gasteiger partial charge in [0.15, 0.2) is 0 Å². The van der Waals surface area contributed by atoms with Crippen molar-refractivity contribution in [2.45, 2.75) is 25.4 Å². The molecule has 1 aliphatic heterocycles. The van der Waals surface area contributed by atoms with Gasteiger partial charge in [0.2, 0.25) is 5.91 Å². The molecule has 0 radical (unpaired) electrons. The van der Waals surface area contributed by atoms with Crippen LogP contribution in [0.1, 0.15) is 24.4 Å². The maximum atomic E-state index is 12.4. The predicted octanol–water partition coefficient (Wildman–Crippen LogP) is 3.07. The van der Waals surface area contributed by atoms with Crippen molar-refractivity contribution in [1.82, 2.24) is 14.9 Å². The quantitative estimate of drug-likeness (QED) is 0.806. The molecule has 0 saturated heterocycles. The van der Waals surface area contributed by atoms with Gasteiger partial charge in [0.05, 0.1) is 19.0 Å². The fourth-order valence-corrected chi connectivity index (χ4v) is 3.25. The minimum atomic E-state index is -0.0249. The van der Waals surface area contributed by atoms with E-state index < -0.39 is 0 Å². The van der Waals surface area contributed by atoms with Crippen molar-refractivity contribution in [3.63, 3.8) is 0 Å². The van der Waals surface area contributed by atoms with Crippen LogP contribution in [0.5, 0.6) is 5.75 Å². The Morgan fingerprint density at radius 1 is 1.29 bits per heavy atom. The van der Waals surface area contributed by atoms with Crippen LogP contribution in [0.2, 0.25) is 0 Å². The molecule has 2 heterocycles. The van der Waals surface area contributed by atoms with E-state index in [1.54, 1.807) is 23.3 Å². The number of carbonyl (C=O) groups excluding carboxylic acids is 1. The summed E-state index contributed by atoms with van der Waals surface area (Å²) >= 11 is 0. The van der Waals surface area contributed by atoms with Gasteiger partial charge in [-0.15, -0.1) is 0 Å². The van der Waals surface area contributed by atoms with Gasteiger partial charge in [0.25, 0.3) is 0 Å². The Morgan fingerprint density at radius 3 is 3.08 bits per heavy atom. The summed E-state index contributed by atoms with van der Waals surface area (Å²) in [6.45, 7) is 0.954. The zero-order chi connectivity index (χ0) is 16.4. The summed E-state index contributed by atoms with van der Waals surface area (Å²) in [6, 6.07) is 12.3. The molecule has 5 nitrogen and oxygen atoms in total. The Morgan fingerprint density at radius 2 is 2.21 bits per heavy atom. The van der Waals surface area contributed by atoms with Crippen molar-refractivity contribution in [1.29, 1.82) is 0 Å². The van der Waals surface area contributed by atoms with Crippen molar-refractivity contribution in [3.05, 3.63) is 60.7 Å². The lowest BCUT2D eigenvalue weighted by Gasteiger charge is -2.19. The lowest BCUT2D eigenvalue weighted by atomic mass is 9.98. The highest BCUT2D eigenvalue weighted by atomic mass is 16.5. The monoisotopic (exact) mass is 321 g/mol. The summed E-state index contributed by atoms with van der Waals surface area (Å²) in [6.07, 6.45) is 6.91. The Bertz CT molecular complexity index is 858. The van der Waals surface area contributed by atoms with Gasteiger partial charge >= 0.3 is 0 Å². The average molecular weight is 321 g/mol. The Balaban J connectivity index is 1.63. The van der Waals surface area contributed by atoms with Crippen molar-refractivity contribution < 1.29 is 9.53 Å². The lowest BCUT2D eigenvalue weighted by Crippen LogP contribution is -2.31. The second-order valence-corrected chi connectivity index (χ2v) is 6.05. The SMILES string of the molecule is O=C(Cn1ccnc1)NC1CCCOc2c1ccc1ccccc21. The van der Waals surface area contributed by atoms with E-state index in [-0.39, 0.29) is 18.5 Å². The number of amides is 1. The van der Waals surface area contributed by atoms with Crippen molar-refractivity contribution in [2.75, 3.05) is 6.61 Å². The van der Waals surface area contributed by atoms with E-state index in [1.165, 1.54) is 0 Å². The number of nitrogens with zero attached hydrogens (tertiary/aromatic N) is 2. The van der Waals surface area contributed by atoms with Crippen molar-refractivity contribution in [2.24, 2.45) is 0 Å². The van der Waals surface area contributed by atoms with Crippen LogP contribution >= 0.6 is 0 Å². The minimum Gasteiger partial charge on any atom is -0.493 e. The molecule has 0 saturated carbocycles. The van der Waals surface area contributed by atoms with Crippen LogP contribution < -0.4 is 10.1 Å². The fraction of sp³-hybridized carbons (Fsp3) is 0.263. The molecule has 1 atom stereocenters. The number of hydrogen-bond donors (Lipinski definition) is 1. The molecule has 4 rings (SSSR count). The summed E-state index contributed by atoms with van der Waals surface area (Å²) in [7, 11) is 0. The third kappa shape index (κ3) is 2.85. The molecule has 1 aromatic heterocycles. The summed E-state index contributed by atoms with van der Waals surface area (Å²) in [4.78, 5) is 16.3. The number of rotatable bonds is 3. The molecule has 122 valence electrons. The molecule has 24 heavy (non-hydrogen) atoms. The molecule has 1 amide bonds. The van der Waals surface area contributed by atoms with Crippen LogP contribution in [0.25, 0.3) is 10.8 Å². The number of carbonyl (C=O) groups is 1. The van der Waals surface area contributed by atoms with E-state index in [0.717, 1.165) is 34.9 Å². The lowest BCUT2D eigenvalue weighted by molar-refractivity contribution is -0.122. The number of nitrogens with one attached hydrogen (secondary N) is 1. The molecular weight excluding hydrogens is 302 g/mol. The molecule has 0 spiro atoms. The number of fused-ring (bicyclic) bond motifs is 3. The molecule has 0 bridgehead atoms. The standard InChI is InChI=1S/C19H19N3O2/c23-18(12-22-10-9-20-13-22)21-17-6-3-11-24-19-15-5-2-1-4-14(15)7-8-16(17)19/h1-2,4-5,7-10,13,17H,3,6,11-12H2,(H,21,23). The van der Waals surface area contributed by atoms with E-state index in [0.29, 0.717) is 6.61 Å². The van der Waals surface area contributed by atoms with Crippen LogP contribution in [0.3, 0.4) is 0 Å². The third-order valence-corrected chi connectivity index (χ3v) is 4.39. The van der Waals surface area contributed by atoms with Gasteiger partial charge in [-0.2, -0.15) is 0 Å². The van der Waals surface area contributed by atoms with E-state index in [2.05, 4.69) is 34.6 Å². The molecule has 1 aliphatic rings. The second-order valence-electron chi connectivity index (χ2n) is 6.05. The van der Waals surface area contributed by atoms with Gasteiger partial charge in [-0.1, -0.05) is 36.4 Å². The molecule has 2 aromatic carbocycles. The Hall–Kier alpha value is -2.82. The molecule has 0 fully saturated rings. The van der Waals surface area contributed by atoms with Gasteiger partial charge in [-0.3, -0.25) is 4.79 Å². The van der Waals surface area contributed by atoms with Crippen LogP contribution in [0.15, 0.2) is 55.1 Å². The highest BCUT2D eigenvalue weighted by molar-refractivity contribution is 5.90. The first-order valence-electron chi connectivity index (χ1n) is 8.21. The number of benzene rings is 2. The molecule has 3 aromatic rings. The first-order chi connectivity index (χ1) is 11.8. The molecule has 1 unspecified atom stereocenters. The summed E-state index contributed by atoms with van der Waals surface area (Å²) in [5.41, 5.74) is 1.06. The van der Waals surface area contributed by atoms with E-state index in [1.807, 2.05) is 12.1 Å². The Kier molecular flexibility index (Phi) is 3.91. The van der Waals surface area contributed by atoms with Crippen molar-refractivity contribution >= 4 is 16.7 Å². The van der Waals surface area contributed by atoms with Crippen LogP contribution in [0.4, 0.5) is 0 Å². The van der Waals surface area contributed by atoms with Gasteiger partial charge in [0, 0.05) is 23.3 Å². The number of aromatic nitrogens is 2. The molecule has 1 N–H and O–H groups in total. The molecule has 5 heteroatoms. The van der Waals surface area contributed by atoms with Gasteiger partial charge in [0.1, 0.15) is 12.3 Å². The zero-order valence-electron chi connectivity index (χ0n) is 13.3. The predicted molar refractivity (Wildman–Crippen MR) is 91.8 cm³/mol. The Labute approximate surface area is 140 Å². The maximum absolute atomic E-state index is 12.4. The first-order valence-corrected chi connectivity index (χ1v) is 8.21. The first kappa shape index (κ1) is 14.8. The van der Waals surface area contributed by atoms with Crippen LogP contribution in [-0.4, -0.2) is 22.1 Å². The number of imidazole rings is 1. The second kappa shape index (κ2) is 6.35. The van der Waals surface area contributed by atoms with Crippen LogP contribution in [0, 0.1) is 0 Å². The maximum Gasteiger partial charge on any atom is 0.240 e. The summed E-state index contributed by atoms with van der Waals surface area (Å²) in [5.74, 6) is 0.887. The van der Waals surface area contributed by atoms with E-state index >= 15 is 0 Å². The number of ether oxygens (including phenoxy) is 1. The molecular formula is C19H19N3O2. The van der Waals surface area contributed by atoms with Crippen molar-refractivity contribution in [3.8, 4) is 5.75 Å². The third-order valence-electron chi connectivity index (χ3n) is 4.39. The smallest absolute Gasteiger partial charge is 0.240 e. The minimum absolute atomic E-state index is 0.0148. The number of hydrogen-bond acceptors (Lipinski definition) is 3. The average Bonchev–Trinajstić information content (AvgIpc) is 3.01. The zero-order valence-corrected chi connectivity index (χ0v) is 13.3. The van der Waals surface area contributed by atoms with Gasteiger partial charge in [-0.25, -0.2) is 4.98 Å². The fourth-order valence-electron chi connectivity index (χ4n) is 3.25. The largest absolute Gasteiger partial charge is 0.493 e. The topological polar surface area (TPSA) is 56.2 Å². The van der Waals surface area contributed by atoms with Gasteiger partial charge in [-0.05, 0) is 18.2 Å². The summed E-state index contributed by atoms with van der Waals surface area (Å²) < 4.78 is 7.78. The van der Waals surface area contributed by atoms with E-state index in [4.69, 9.17) is 4.74 Å². The molecule has 0 aliphatic carbocycles. The summed E-state index contributed by atoms with van der Waals surface area (Å²) in [5, 5.41) is 5.41. The normalized spacial score (nSPS) is 16.9. The van der Waals surface area contributed by atoms with E-state index in [9.17, 15) is 4.79 Å².